The number of aryl methyl sites for hydroxylation is 2. The Morgan fingerprint density at radius 1 is 1.38 bits per heavy atom. The standard InChI is InChI=1S/C13H15BrN2O4S/c1-8-11(9(2)20-16-8)7-15-21(17,18)13-6-10(14)4-5-12(13)19-3/h4-6,15H,7H2,1-3H3. The number of hydrogen-bond acceptors (Lipinski definition) is 5. The Morgan fingerprint density at radius 2 is 2.10 bits per heavy atom. The first-order valence-corrected chi connectivity index (χ1v) is 8.37. The SMILES string of the molecule is COc1ccc(Br)cc1S(=O)(=O)NCc1c(C)noc1C. The number of halogens is 1. The third-order valence-electron chi connectivity index (χ3n) is 3.04. The van der Waals surface area contributed by atoms with E-state index >= 15 is 0 Å². The Hall–Kier alpha value is -1.38. The summed E-state index contributed by atoms with van der Waals surface area (Å²) in [5.41, 5.74) is 1.39. The van der Waals surface area contributed by atoms with Crippen molar-refractivity contribution in [2.24, 2.45) is 0 Å². The summed E-state index contributed by atoms with van der Waals surface area (Å²) in [5, 5.41) is 3.80. The van der Waals surface area contributed by atoms with Gasteiger partial charge in [-0.25, -0.2) is 13.1 Å². The molecule has 0 fully saturated rings. The predicted octanol–water partition coefficient (Wildman–Crippen LogP) is 2.54. The predicted molar refractivity (Wildman–Crippen MR) is 80.7 cm³/mol. The molecule has 1 N–H and O–H groups in total. The van der Waals surface area contributed by atoms with Crippen LogP contribution in [0.1, 0.15) is 17.0 Å². The number of nitrogens with zero attached hydrogens (tertiary/aromatic N) is 1. The molecular formula is C13H15BrN2O4S. The molecular weight excluding hydrogens is 360 g/mol. The summed E-state index contributed by atoms with van der Waals surface area (Å²) in [4.78, 5) is 0.0751. The Morgan fingerprint density at radius 3 is 2.67 bits per heavy atom. The summed E-state index contributed by atoms with van der Waals surface area (Å²) in [5.74, 6) is 0.876. The molecule has 6 nitrogen and oxygen atoms in total. The van der Waals surface area contributed by atoms with Gasteiger partial charge in [0, 0.05) is 16.6 Å². The third kappa shape index (κ3) is 3.45. The second-order valence-electron chi connectivity index (χ2n) is 4.42. The second kappa shape index (κ2) is 6.17. The van der Waals surface area contributed by atoms with Crippen LogP contribution in [0.2, 0.25) is 0 Å². The fourth-order valence-corrected chi connectivity index (χ4v) is 3.56. The summed E-state index contributed by atoms with van der Waals surface area (Å²) in [6.07, 6.45) is 0. The molecule has 0 radical (unpaired) electrons. The molecule has 1 aromatic heterocycles. The van der Waals surface area contributed by atoms with Crippen LogP contribution >= 0.6 is 15.9 Å². The zero-order valence-corrected chi connectivity index (χ0v) is 14.2. The Labute approximate surface area is 131 Å². The molecule has 2 aromatic rings. The minimum atomic E-state index is -3.71. The van der Waals surface area contributed by atoms with Crippen molar-refractivity contribution in [3.8, 4) is 5.75 Å². The van der Waals surface area contributed by atoms with E-state index in [0.717, 1.165) is 5.56 Å². The van der Waals surface area contributed by atoms with Crippen molar-refractivity contribution in [1.82, 2.24) is 9.88 Å². The van der Waals surface area contributed by atoms with Crippen LogP contribution in [0.15, 0.2) is 32.1 Å². The summed E-state index contributed by atoms with van der Waals surface area (Å²) >= 11 is 3.26. The topological polar surface area (TPSA) is 81.4 Å². The van der Waals surface area contributed by atoms with Crippen molar-refractivity contribution in [3.05, 3.63) is 39.7 Å². The zero-order valence-electron chi connectivity index (χ0n) is 11.8. The van der Waals surface area contributed by atoms with E-state index in [1.54, 1.807) is 26.0 Å². The summed E-state index contributed by atoms with van der Waals surface area (Å²) in [6, 6.07) is 4.80. The maximum atomic E-state index is 12.4. The molecule has 1 aromatic carbocycles. The number of sulfonamides is 1. The van der Waals surface area contributed by atoms with Crippen molar-refractivity contribution >= 4 is 26.0 Å². The number of benzene rings is 1. The van der Waals surface area contributed by atoms with E-state index in [2.05, 4.69) is 25.8 Å². The van der Waals surface area contributed by atoms with E-state index in [4.69, 9.17) is 9.26 Å². The molecule has 8 heteroatoms. The van der Waals surface area contributed by atoms with Crippen molar-refractivity contribution < 1.29 is 17.7 Å². The van der Waals surface area contributed by atoms with E-state index in [1.807, 2.05) is 0 Å². The summed E-state index contributed by atoms with van der Waals surface area (Å²) < 4.78 is 38.1. The molecule has 21 heavy (non-hydrogen) atoms. The van der Waals surface area contributed by atoms with Crippen molar-refractivity contribution in [3.63, 3.8) is 0 Å². The molecule has 0 bridgehead atoms. The van der Waals surface area contributed by atoms with Gasteiger partial charge in [0.2, 0.25) is 10.0 Å². The number of hydrogen-bond donors (Lipinski definition) is 1. The van der Waals surface area contributed by atoms with E-state index in [-0.39, 0.29) is 17.2 Å². The summed E-state index contributed by atoms with van der Waals surface area (Å²) in [7, 11) is -2.28. The van der Waals surface area contributed by atoms with Gasteiger partial charge in [0.1, 0.15) is 16.4 Å². The smallest absolute Gasteiger partial charge is 0.244 e. The fourth-order valence-electron chi connectivity index (χ4n) is 1.86. The monoisotopic (exact) mass is 374 g/mol. The number of methoxy groups -OCH3 is 1. The fraction of sp³-hybridized carbons (Fsp3) is 0.308. The highest BCUT2D eigenvalue weighted by Gasteiger charge is 2.21. The number of aromatic nitrogens is 1. The van der Waals surface area contributed by atoms with Gasteiger partial charge in [-0.05, 0) is 32.0 Å². The minimum absolute atomic E-state index is 0.0751. The summed E-state index contributed by atoms with van der Waals surface area (Å²) in [6.45, 7) is 3.61. The van der Waals surface area contributed by atoms with E-state index in [1.165, 1.54) is 13.2 Å². The molecule has 0 aliphatic rings. The molecule has 0 unspecified atom stereocenters. The molecule has 0 aliphatic carbocycles. The lowest BCUT2D eigenvalue weighted by Gasteiger charge is -2.11. The molecule has 0 spiro atoms. The second-order valence-corrected chi connectivity index (χ2v) is 7.07. The average molecular weight is 375 g/mol. The highest BCUT2D eigenvalue weighted by molar-refractivity contribution is 9.10. The van der Waals surface area contributed by atoms with E-state index in [9.17, 15) is 8.42 Å². The highest BCUT2D eigenvalue weighted by Crippen LogP contribution is 2.27. The Balaban J connectivity index is 2.29. The van der Waals surface area contributed by atoms with Gasteiger partial charge in [0.15, 0.2) is 0 Å². The normalized spacial score (nSPS) is 11.6. The minimum Gasteiger partial charge on any atom is -0.495 e. The van der Waals surface area contributed by atoms with Gasteiger partial charge in [-0.15, -0.1) is 0 Å². The van der Waals surface area contributed by atoms with Gasteiger partial charge in [0.25, 0.3) is 0 Å². The molecule has 2 rings (SSSR count). The van der Waals surface area contributed by atoms with Crippen LogP contribution in [-0.4, -0.2) is 20.7 Å². The van der Waals surface area contributed by atoms with Crippen LogP contribution in [0.5, 0.6) is 5.75 Å². The molecule has 1 heterocycles. The van der Waals surface area contributed by atoms with Crippen molar-refractivity contribution in [2.45, 2.75) is 25.3 Å². The lowest BCUT2D eigenvalue weighted by Crippen LogP contribution is -2.24. The van der Waals surface area contributed by atoms with Crippen LogP contribution in [0.25, 0.3) is 0 Å². The first-order valence-electron chi connectivity index (χ1n) is 6.10. The Kier molecular flexibility index (Phi) is 4.70. The van der Waals surface area contributed by atoms with Gasteiger partial charge in [-0.3, -0.25) is 0 Å². The van der Waals surface area contributed by atoms with Crippen LogP contribution in [0, 0.1) is 13.8 Å². The van der Waals surface area contributed by atoms with Gasteiger partial charge in [0.05, 0.1) is 12.8 Å². The van der Waals surface area contributed by atoms with Gasteiger partial charge in [-0.1, -0.05) is 21.1 Å². The first-order chi connectivity index (χ1) is 9.85. The number of nitrogens with one attached hydrogen (secondary N) is 1. The lowest BCUT2D eigenvalue weighted by molar-refractivity contribution is 0.392. The van der Waals surface area contributed by atoms with Gasteiger partial charge >= 0.3 is 0 Å². The highest BCUT2D eigenvalue weighted by atomic mass is 79.9. The van der Waals surface area contributed by atoms with Crippen LogP contribution in [-0.2, 0) is 16.6 Å². The van der Waals surface area contributed by atoms with Crippen LogP contribution in [0.4, 0.5) is 0 Å². The maximum Gasteiger partial charge on any atom is 0.244 e. The molecule has 0 atom stereocenters. The van der Waals surface area contributed by atoms with Crippen LogP contribution in [0.3, 0.4) is 0 Å². The molecule has 0 amide bonds. The maximum absolute atomic E-state index is 12.4. The Bertz CT molecular complexity index is 736. The van der Waals surface area contributed by atoms with E-state index in [0.29, 0.717) is 15.9 Å². The third-order valence-corrected chi connectivity index (χ3v) is 4.95. The molecule has 0 saturated carbocycles. The average Bonchev–Trinajstić information content (AvgIpc) is 2.76. The van der Waals surface area contributed by atoms with E-state index < -0.39 is 10.0 Å². The van der Waals surface area contributed by atoms with Crippen molar-refractivity contribution in [2.75, 3.05) is 7.11 Å². The number of rotatable bonds is 5. The molecule has 0 aliphatic heterocycles. The zero-order chi connectivity index (χ0) is 15.6. The molecule has 114 valence electrons. The number of ether oxygens (including phenoxy) is 1. The van der Waals surface area contributed by atoms with Crippen molar-refractivity contribution in [1.29, 1.82) is 0 Å². The van der Waals surface area contributed by atoms with Gasteiger partial charge in [-0.2, -0.15) is 0 Å². The quantitative estimate of drug-likeness (QED) is 0.869. The lowest BCUT2D eigenvalue weighted by atomic mass is 10.2. The van der Waals surface area contributed by atoms with Gasteiger partial charge < -0.3 is 9.26 Å². The van der Waals surface area contributed by atoms with Crippen LogP contribution < -0.4 is 9.46 Å². The first kappa shape index (κ1) is 16.0. The molecule has 0 saturated heterocycles. The largest absolute Gasteiger partial charge is 0.495 e.